The first-order valence-corrected chi connectivity index (χ1v) is 7.45. The first kappa shape index (κ1) is 19.0. The lowest BCUT2D eigenvalue weighted by molar-refractivity contribution is 1.09. The van der Waals surface area contributed by atoms with Gasteiger partial charge in [0, 0.05) is 5.69 Å². The van der Waals surface area contributed by atoms with Crippen molar-refractivity contribution in [2.45, 2.75) is 41.0 Å². The van der Waals surface area contributed by atoms with Gasteiger partial charge in [0.05, 0.1) is 0 Å². The number of hydrogen-bond acceptors (Lipinski definition) is 1. The molecule has 0 saturated heterocycles. The van der Waals surface area contributed by atoms with Crippen LogP contribution in [0.4, 0.5) is 5.69 Å². The third-order valence-corrected chi connectivity index (χ3v) is 2.51. The zero-order chi connectivity index (χ0) is 16.3. The number of anilines is 1. The Morgan fingerprint density at radius 2 is 1.38 bits per heavy atom. The summed E-state index contributed by atoms with van der Waals surface area (Å²) in [5.41, 5.74) is 11.2. The van der Waals surface area contributed by atoms with Gasteiger partial charge in [-0.1, -0.05) is 68.8 Å². The Morgan fingerprint density at radius 3 is 1.67 bits per heavy atom. The molecule has 0 aliphatic carbocycles. The van der Waals surface area contributed by atoms with Crippen LogP contribution in [0.2, 0.25) is 0 Å². The van der Waals surface area contributed by atoms with Crippen LogP contribution in [0.15, 0.2) is 55.1 Å². The zero-order valence-electron chi connectivity index (χ0n) is 14.1. The first-order valence-electron chi connectivity index (χ1n) is 7.45. The van der Waals surface area contributed by atoms with Gasteiger partial charge >= 0.3 is 0 Å². The largest absolute Gasteiger partial charge is 0.399 e. The van der Waals surface area contributed by atoms with Crippen molar-refractivity contribution < 1.29 is 0 Å². The SMILES string of the molecule is C=C(C)c1ccccc1.CCC.Cc1cc(C)cc(N)c1. The average Bonchev–Trinajstić information content (AvgIpc) is 2.39. The van der Waals surface area contributed by atoms with Crippen LogP contribution in [0.3, 0.4) is 0 Å². The Hall–Kier alpha value is -2.02. The number of benzene rings is 2. The van der Waals surface area contributed by atoms with Gasteiger partial charge in [-0.2, -0.15) is 0 Å². The molecule has 0 fully saturated rings. The van der Waals surface area contributed by atoms with Crippen LogP contribution in [0, 0.1) is 13.8 Å². The molecule has 0 aromatic heterocycles. The number of aryl methyl sites for hydroxylation is 2. The van der Waals surface area contributed by atoms with Crippen molar-refractivity contribution in [2.75, 3.05) is 5.73 Å². The summed E-state index contributed by atoms with van der Waals surface area (Å²) in [6.07, 6.45) is 1.25. The maximum absolute atomic E-state index is 5.56. The Labute approximate surface area is 130 Å². The third kappa shape index (κ3) is 9.50. The van der Waals surface area contributed by atoms with Crippen molar-refractivity contribution in [3.8, 4) is 0 Å². The van der Waals surface area contributed by atoms with Crippen LogP contribution < -0.4 is 5.73 Å². The van der Waals surface area contributed by atoms with Crippen molar-refractivity contribution >= 4 is 11.3 Å². The summed E-state index contributed by atoms with van der Waals surface area (Å²) in [5.74, 6) is 0. The van der Waals surface area contributed by atoms with Crippen molar-refractivity contribution in [3.63, 3.8) is 0 Å². The van der Waals surface area contributed by atoms with E-state index < -0.39 is 0 Å². The van der Waals surface area contributed by atoms with Crippen molar-refractivity contribution in [2.24, 2.45) is 0 Å². The van der Waals surface area contributed by atoms with E-state index in [2.05, 4.69) is 38.6 Å². The summed E-state index contributed by atoms with van der Waals surface area (Å²) < 4.78 is 0. The van der Waals surface area contributed by atoms with Crippen LogP contribution in [-0.4, -0.2) is 0 Å². The minimum absolute atomic E-state index is 0.854. The molecule has 2 aromatic rings. The molecule has 0 unspecified atom stereocenters. The molecule has 0 saturated carbocycles. The predicted octanol–water partition coefficient (Wildman–Crippen LogP) is 6.02. The molecule has 0 heterocycles. The Morgan fingerprint density at radius 1 is 0.952 bits per heavy atom. The van der Waals surface area contributed by atoms with Crippen molar-refractivity contribution in [1.82, 2.24) is 0 Å². The van der Waals surface area contributed by atoms with E-state index in [-0.39, 0.29) is 0 Å². The quantitative estimate of drug-likeness (QED) is 0.636. The molecule has 0 atom stereocenters. The van der Waals surface area contributed by atoms with E-state index in [1.54, 1.807) is 0 Å². The van der Waals surface area contributed by atoms with Crippen LogP contribution in [0.5, 0.6) is 0 Å². The lowest BCUT2D eigenvalue weighted by atomic mass is 10.1. The smallest absolute Gasteiger partial charge is 0.0319 e. The molecule has 1 nitrogen and oxygen atoms in total. The van der Waals surface area contributed by atoms with E-state index in [1.807, 2.05) is 51.1 Å². The van der Waals surface area contributed by atoms with Gasteiger partial charge in [-0.05, 0) is 49.6 Å². The van der Waals surface area contributed by atoms with E-state index in [0.717, 1.165) is 11.3 Å². The van der Waals surface area contributed by atoms with E-state index in [1.165, 1.54) is 23.1 Å². The standard InChI is InChI=1S/C9H10.C8H11N.C3H8/c1-8(2)9-6-4-3-5-7-9;1-6-3-7(2)5-8(9)4-6;1-3-2/h3-7H,1H2,2H3;3-5H,9H2,1-2H3;3H2,1-2H3. The highest BCUT2D eigenvalue weighted by atomic mass is 14.5. The summed E-state index contributed by atoms with van der Waals surface area (Å²) in [6.45, 7) is 14.2. The molecule has 0 radical (unpaired) electrons. The Balaban J connectivity index is 0.000000322. The van der Waals surface area contributed by atoms with Gasteiger partial charge in [-0.15, -0.1) is 0 Å². The molecule has 2 N–H and O–H groups in total. The van der Waals surface area contributed by atoms with Crippen LogP contribution >= 0.6 is 0 Å². The van der Waals surface area contributed by atoms with Gasteiger partial charge in [0.1, 0.15) is 0 Å². The predicted molar refractivity (Wildman–Crippen MR) is 97.4 cm³/mol. The van der Waals surface area contributed by atoms with E-state index >= 15 is 0 Å². The third-order valence-electron chi connectivity index (χ3n) is 2.51. The van der Waals surface area contributed by atoms with Gasteiger partial charge in [-0.3, -0.25) is 0 Å². The lowest BCUT2D eigenvalue weighted by Gasteiger charge is -1.97. The summed E-state index contributed by atoms with van der Waals surface area (Å²) in [4.78, 5) is 0. The molecule has 0 amide bonds. The maximum atomic E-state index is 5.56. The number of nitrogen functional groups attached to an aromatic ring is 1. The minimum Gasteiger partial charge on any atom is -0.399 e. The minimum atomic E-state index is 0.854. The fourth-order valence-electron chi connectivity index (χ4n) is 1.73. The summed E-state index contributed by atoms with van der Waals surface area (Å²) in [6, 6.07) is 16.2. The normalized spacial score (nSPS) is 8.81. The molecule has 1 heteroatoms. The molecule has 2 aromatic carbocycles. The van der Waals surface area contributed by atoms with E-state index in [0.29, 0.717) is 0 Å². The molecule has 0 aliphatic rings. The molecular weight excluding hydrogens is 254 g/mol. The molecular formula is C20H29N. The molecule has 0 aliphatic heterocycles. The van der Waals surface area contributed by atoms with Crippen LogP contribution in [0.1, 0.15) is 43.9 Å². The lowest BCUT2D eigenvalue weighted by Crippen LogP contribution is -1.86. The van der Waals surface area contributed by atoms with Crippen molar-refractivity contribution in [3.05, 3.63) is 71.8 Å². The second kappa shape index (κ2) is 10.7. The highest BCUT2D eigenvalue weighted by Gasteiger charge is 1.88. The number of nitrogens with two attached hydrogens (primary N) is 1. The van der Waals surface area contributed by atoms with Crippen LogP contribution in [0.25, 0.3) is 5.57 Å². The molecule has 21 heavy (non-hydrogen) atoms. The Kier molecular flexibility index (Phi) is 9.70. The first-order chi connectivity index (χ1) is 9.90. The van der Waals surface area contributed by atoms with E-state index in [9.17, 15) is 0 Å². The number of rotatable bonds is 1. The highest BCUT2D eigenvalue weighted by Crippen LogP contribution is 2.09. The fourth-order valence-corrected chi connectivity index (χ4v) is 1.73. The highest BCUT2D eigenvalue weighted by molar-refractivity contribution is 5.60. The Bertz CT molecular complexity index is 476. The van der Waals surface area contributed by atoms with Gasteiger partial charge in [-0.25, -0.2) is 0 Å². The van der Waals surface area contributed by atoms with Gasteiger partial charge < -0.3 is 5.73 Å². The number of hydrogen-bond donors (Lipinski definition) is 1. The summed E-state index contributed by atoms with van der Waals surface area (Å²) in [5, 5.41) is 0. The van der Waals surface area contributed by atoms with Gasteiger partial charge in [0.15, 0.2) is 0 Å². The molecule has 2 rings (SSSR count). The second-order valence-electron chi connectivity index (χ2n) is 5.27. The van der Waals surface area contributed by atoms with Gasteiger partial charge in [0.2, 0.25) is 0 Å². The van der Waals surface area contributed by atoms with Crippen LogP contribution in [-0.2, 0) is 0 Å². The molecule has 114 valence electrons. The molecule has 0 spiro atoms. The summed E-state index contributed by atoms with van der Waals surface area (Å²) in [7, 11) is 0. The van der Waals surface area contributed by atoms with Gasteiger partial charge in [0.25, 0.3) is 0 Å². The maximum Gasteiger partial charge on any atom is 0.0319 e. The zero-order valence-corrected chi connectivity index (χ0v) is 14.1. The summed E-state index contributed by atoms with van der Waals surface area (Å²) >= 11 is 0. The fraction of sp³-hybridized carbons (Fsp3) is 0.300. The monoisotopic (exact) mass is 283 g/mol. The average molecular weight is 283 g/mol. The number of allylic oxidation sites excluding steroid dienone is 1. The second-order valence-corrected chi connectivity index (χ2v) is 5.27. The molecule has 0 bridgehead atoms. The van der Waals surface area contributed by atoms with E-state index in [4.69, 9.17) is 5.73 Å². The van der Waals surface area contributed by atoms with Crippen molar-refractivity contribution in [1.29, 1.82) is 0 Å². The topological polar surface area (TPSA) is 26.0 Å².